The molecule has 2 aromatic carbocycles. The number of para-hydroxylation sites is 2. The van der Waals surface area contributed by atoms with Gasteiger partial charge in [0.2, 0.25) is 0 Å². The molecule has 0 aliphatic carbocycles. The van der Waals surface area contributed by atoms with E-state index in [1.165, 1.54) is 0 Å². The second-order valence-corrected chi connectivity index (χ2v) is 4.75. The summed E-state index contributed by atoms with van der Waals surface area (Å²) in [6.45, 7) is 0. The van der Waals surface area contributed by atoms with Gasteiger partial charge in [0.1, 0.15) is 0 Å². The highest BCUT2D eigenvalue weighted by Gasteiger charge is 2.11. The predicted octanol–water partition coefficient (Wildman–Crippen LogP) is 3.33. The van der Waals surface area contributed by atoms with Crippen LogP contribution < -0.4 is 5.73 Å². The molecule has 3 rings (SSSR count). The Morgan fingerprint density at radius 3 is 2.37 bits per heavy atom. The van der Waals surface area contributed by atoms with Gasteiger partial charge in [0.15, 0.2) is 0 Å². The lowest BCUT2D eigenvalue weighted by molar-refractivity contribution is 0.828. The first-order valence-electron chi connectivity index (χ1n) is 5.97. The lowest BCUT2D eigenvalue weighted by Crippen LogP contribution is -2.13. The van der Waals surface area contributed by atoms with Gasteiger partial charge in [-0.15, -0.1) is 0 Å². The van der Waals surface area contributed by atoms with E-state index in [4.69, 9.17) is 17.3 Å². The minimum absolute atomic E-state index is 0.297. The van der Waals surface area contributed by atoms with Gasteiger partial charge in [-0.05, 0) is 29.8 Å². The third-order valence-corrected chi connectivity index (χ3v) is 3.27. The number of nitrogens with two attached hydrogens (primary N) is 1. The molecule has 0 saturated carbocycles. The Labute approximate surface area is 116 Å². The maximum absolute atomic E-state index is 6.21. The van der Waals surface area contributed by atoms with Gasteiger partial charge in [-0.25, -0.2) is 4.98 Å². The summed E-state index contributed by atoms with van der Waals surface area (Å²) in [5.41, 5.74) is 9.65. The third kappa shape index (κ3) is 2.43. The number of fused-ring (bicyclic) bond motifs is 1. The number of rotatable bonds is 2. The number of halogens is 1. The summed E-state index contributed by atoms with van der Waals surface area (Å²) in [5, 5.41) is 0.695. The Morgan fingerprint density at radius 2 is 1.63 bits per heavy atom. The van der Waals surface area contributed by atoms with Gasteiger partial charge in [0.05, 0.1) is 29.0 Å². The van der Waals surface area contributed by atoms with Crippen molar-refractivity contribution in [3.63, 3.8) is 0 Å². The molecule has 0 bridgehead atoms. The highest BCUT2D eigenvalue weighted by Crippen LogP contribution is 2.20. The molecule has 0 saturated heterocycles. The normalized spacial score (nSPS) is 12.5. The van der Waals surface area contributed by atoms with Crippen LogP contribution in [-0.2, 0) is 0 Å². The topological polar surface area (TPSA) is 51.8 Å². The molecule has 19 heavy (non-hydrogen) atoms. The summed E-state index contributed by atoms with van der Waals surface area (Å²) in [5.74, 6) is 0. The van der Waals surface area contributed by atoms with Crippen molar-refractivity contribution >= 4 is 22.6 Å². The molecular weight excluding hydrogens is 258 g/mol. The zero-order valence-corrected chi connectivity index (χ0v) is 10.9. The van der Waals surface area contributed by atoms with Crippen LogP contribution in [0.5, 0.6) is 0 Å². The van der Waals surface area contributed by atoms with E-state index in [0.717, 1.165) is 22.3 Å². The Hall–Kier alpha value is -1.97. The van der Waals surface area contributed by atoms with Gasteiger partial charge < -0.3 is 5.73 Å². The van der Waals surface area contributed by atoms with Crippen LogP contribution in [0.4, 0.5) is 0 Å². The Balaban J connectivity index is 2.01. The van der Waals surface area contributed by atoms with Gasteiger partial charge in [-0.3, -0.25) is 4.98 Å². The van der Waals surface area contributed by atoms with E-state index < -0.39 is 0 Å². The number of nitrogens with zero attached hydrogens (tertiary/aromatic N) is 2. The molecule has 4 heteroatoms. The Bertz CT molecular complexity index is 710. The molecular formula is C15H12ClN3. The zero-order chi connectivity index (χ0) is 13.2. The number of benzene rings is 2. The maximum atomic E-state index is 6.21. The van der Waals surface area contributed by atoms with Crippen LogP contribution in [-0.4, -0.2) is 9.97 Å². The van der Waals surface area contributed by atoms with Gasteiger partial charge in [-0.1, -0.05) is 35.9 Å². The van der Waals surface area contributed by atoms with Crippen LogP contribution >= 0.6 is 11.6 Å². The molecule has 1 atom stereocenters. The van der Waals surface area contributed by atoms with Crippen molar-refractivity contribution in [2.45, 2.75) is 6.04 Å². The van der Waals surface area contributed by atoms with E-state index in [0.29, 0.717) is 5.02 Å². The van der Waals surface area contributed by atoms with Crippen molar-refractivity contribution in [3.8, 4) is 0 Å². The van der Waals surface area contributed by atoms with Crippen LogP contribution in [0.3, 0.4) is 0 Å². The van der Waals surface area contributed by atoms with Crippen LogP contribution in [0, 0.1) is 0 Å². The molecule has 0 spiro atoms. The molecule has 94 valence electrons. The third-order valence-electron chi connectivity index (χ3n) is 3.01. The Morgan fingerprint density at radius 1 is 0.947 bits per heavy atom. The summed E-state index contributed by atoms with van der Waals surface area (Å²) in [6, 6.07) is 14.9. The largest absolute Gasteiger partial charge is 0.319 e. The SMILES string of the molecule is NC(c1ccc(Cl)cc1)c1cnc2ccccc2n1. The lowest BCUT2D eigenvalue weighted by Gasteiger charge is -2.11. The van der Waals surface area contributed by atoms with Gasteiger partial charge in [-0.2, -0.15) is 0 Å². The van der Waals surface area contributed by atoms with Crippen LogP contribution in [0.25, 0.3) is 11.0 Å². The molecule has 2 N–H and O–H groups in total. The van der Waals surface area contributed by atoms with E-state index >= 15 is 0 Å². The second kappa shape index (κ2) is 4.96. The number of hydrogen-bond donors (Lipinski definition) is 1. The fourth-order valence-corrected chi connectivity index (χ4v) is 2.09. The standard InChI is InChI=1S/C15H12ClN3/c16-11-7-5-10(6-8-11)15(17)14-9-18-12-3-1-2-4-13(12)19-14/h1-9,15H,17H2. The number of aromatic nitrogens is 2. The first-order chi connectivity index (χ1) is 9.24. The molecule has 3 aromatic rings. The van der Waals surface area contributed by atoms with Crippen LogP contribution in [0.15, 0.2) is 54.7 Å². The molecule has 1 aromatic heterocycles. The lowest BCUT2D eigenvalue weighted by atomic mass is 10.1. The first-order valence-corrected chi connectivity index (χ1v) is 6.34. The fraction of sp³-hybridized carbons (Fsp3) is 0.0667. The van der Waals surface area contributed by atoms with Crippen LogP contribution in [0.2, 0.25) is 5.02 Å². The molecule has 0 aliphatic rings. The highest BCUT2D eigenvalue weighted by molar-refractivity contribution is 6.30. The minimum Gasteiger partial charge on any atom is -0.319 e. The monoisotopic (exact) mass is 269 g/mol. The maximum Gasteiger partial charge on any atom is 0.0890 e. The predicted molar refractivity (Wildman–Crippen MR) is 77.0 cm³/mol. The van der Waals surface area contributed by atoms with Crippen molar-refractivity contribution in [2.75, 3.05) is 0 Å². The average Bonchev–Trinajstić information content (AvgIpc) is 2.47. The highest BCUT2D eigenvalue weighted by atomic mass is 35.5. The van der Waals surface area contributed by atoms with Gasteiger partial charge >= 0.3 is 0 Å². The summed E-state index contributed by atoms with van der Waals surface area (Å²) >= 11 is 5.87. The molecule has 3 nitrogen and oxygen atoms in total. The van der Waals surface area contributed by atoms with Crippen LogP contribution in [0.1, 0.15) is 17.3 Å². The average molecular weight is 270 g/mol. The van der Waals surface area contributed by atoms with Crippen molar-refractivity contribution in [1.29, 1.82) is 0 Å². The molecule has 0 radical (unpaired) electrons. The molecule has 0 aliphatic heterocycles. The molecule has 1 unspecified atom stereocenters. The number of hydrogen-bond acceptors (Lipinski definition) is 3. The molecule has 1 heterocycles. The van der Waals surface area contributed by atoms with E-state index in [1.807, 2.05) is 48.5 Å². The second-order valence-electron chi connectivity index (χ2n) is 4.31. The summed E-state index contributed by atoms with van der Waals surface area (Å²) < 4.78 is 0. The summed E-state index contributed by atoms with van der Waals surface area (Å²) in [6.07, 6.45) is 1.72. The van der Waals surface area contributed by atoms with Crippen molar-refractivity contribution < 1.29 is 0 Å². The van der Waals surface area contributed by atoms with Crippen molar-refractivity contribution in [1.82, 2.24) is 9.97 Å². The zero-order valence-electron chi connectivity index (χ0n) is 10.1. The van der Waals surface area contributed by atoms with E-state index in [2.05, 4.69) is 9.97 Å². The summed E-state index contributed by atoms with van der Waals surface area (Å²) in [7, 11) is 0. The molecule has 0 fully saturated rings. The van der Waals surface area contributed by atoms with E-state index in [9.17, 15) is 0 Å². The smallest absolute Gasteiger partial charge is 0.0890 e. The molecule has 0 amide bonds. The quantitative estimate of drug-likeness (QED) is 0.776. The van der Waals surface area contributed by atoms with Crippen molar-refractivity contribution in [3.05, 3.63) is 71.0 Å². The fourth-order valence-electron chi connectivity index (χ4n) is 1.96. The Kier molecular flexibility index (Phi) is 3.15. The van der Waals surface area contributed by atoms with E-state index in [1.54, 1.807) is 6.20 Å². The van der Waals surface area contributed by atoms with Gasteiger partial charge in [0.25, 0.3) is 0 Å². The van der Waals surface area contributed by atoms with E-state index in [-0.39, 0.29) is 6.04 Å². The van der Waals surface area contributed by atoms with Gasteiger partial charge in [0, 0.05) is 5.02 Å². The first kappa shape index (κ1) is 12.1. The minimum atomic E-state index is -0.297. The van der Waals surface area contributed by atoms with Crippen molar-refractivity contribution in [2.24, 2.45) is 5.73 Å². The summed E-state index contributed by atoms with van der Waals surface area (Å²) in [4.78, 5) is 8.93.